The van der Waals surface area contributed by atoms with Crippen LogP contribution in [0.4, 0.5) is 5.00 Å². The van der Waals surface area contributed by atoms with Gasteiger partial charge in [0.15, 0.2) is 11.4 Å². The number of nitrogens with zero attached hydrogens (tertiary/aromatic N) is 4. The molecule has 0 unspecified atom stereocenters. The molecule has 34 heavy (non-hydrogen) atoms. The van der Waals surface area contributed by atoms with Gasteiger partial charge in [0.2, 0.25) is 11.8 Å². The number of nitriles is 1. The second kappa shape index (κ2) is 9.60. The van der Waals surface area contributed by atoms with Gasteiger partial charge in [0.1, 0.15) is 16.6 Å². The fraction of sp³-hybridized carbons (Fsp3) is 0.375. The number of carbonyl (C=O) groups is 1. The standard InChI is InChI=1S/C24H23N5O3S2/c1-13-4-6-18-17(9-13)26-24(31-18)33-12-20-27-22(32-29-20)8-7-21(30)28-23-16(11-25)15-5-3-14(2)10-19(15)34-23/h4,6,9,14H,3,5,7-8,10,12H2,1-2H3,(H,28,30)/t14-/m0/s1. The van der Waals surface area contributed by atoms with Crippen LogP contribution in [0, 0.1) is 24.2 Å². The van der Waals surface area contributed by atoms with Crippen LogP contribution in [0.15, 0.2) is 32.4 Å². The molecule has 0 aliphatic heterocycles. The smallest absolute Gasteiger partial charge is 0.257 e. The van der Waals surface area contributed by atoms with E-state index in [1.165, 1.54) is 28.0 Å². The molecule has 0 saturated carbocycles. The summed E-state index contributed by atoms with van der Waals surface area (Å²) < 4.78 is 11.0. The first kappa shape index (κ1) is 22.6. The van der Waals surface area contributed by atoms with Gasteiger partial charge in [-0.1, -0.05) is 29.9 Å². The first-order chi connectivity index (χ1) is 16.5. The van der Waals surface area contributed by atoms with Crippen LogP contribution in [0.2, 0.25) is 0 Å². The topological polar surface area (TPSA) is 118 Å². The quantitative estimate of drug-likeness (QED) is 0.338. The summed E-state index contributed by atoms with van der Waals surface area (Å²) in [5.41, 5.74) is 4.42. The van der Waals surface area contributed by atoms with E-state index in [0.29, 0.717) is 45.6 Å². The molecule has 4 aromatic rings. The number of oxazole rings is 1. The average molecular weight is 494 g/mol. The number of fused-ring (bicyclic) bond motifs is 2. The highest BCUT2D eigenvalue weighted by atomic mass is 32.2. The normalized spacial score (nSPS) is 15.3. The first-order valence-corrected chi connectivity index (χ1v) is 12.9. The number of hydrogen-bond donors (Lipinski definition) is 1. The minimum Gasteiger partial charge on any atom is -0.431 e. The molecule has 5 rings (SSSR count). The molecule has 1 aromatic carbocycles. The Kier molecular flexibility index (Phi) is 6.39. The largest absolute Gasteiger partial charge is 0.431 e. The molecule has 0 spiro atoms. The summed E-state index contributed by atoms with van der Waals surface area (Å²) in [6.45, 7) is 4.23. The zero-order valence-corrected chi connectivity index (χ0v) is 20.5. The fourth-order valence-corrected chi connectivity index (χ4v) is 6.08. The number of amides is 1. The van der Waals surface area contributed by atoms with Crippen molar-refractivity contribution < 1.29 is 13.7 Å². The van der Waals surface area contributed by atoms with Gasteiger partial charge in [-0.3, -0.25) is 4.79 Å². The van der Waals surface area contributed by atoms with Crippen LogP contribution < -0.4 is 5.32 Å². The molecule has 8 nitrogen and oxygen atoms in total. The predicted octanol–water partition coefficient (Wildman–Crippen LogP) is 5.44. The Morgan fingerprint density at radius 3 is 3.12 bits per heavy atom. The first-order valence-electron chi connectivity index (χ1n) is 11.1. The van der Waals surface area contributed by atoms with E-state index >= 15 is 0 Å². The van der Waals surface area contributed by atoms with Gasteiger partial charge in [-0.05, 0) is 55.4 Å². The SMILES string of the molecule is Cc1ccc2oc(SCc3noc(CCC(=O)Nc4sc5c(c4C#N)CC[C@H](C)C5)n3)nc2c1. The van der Waals surface area contributed by atoms with Gasteiger partial charge >= 0.3 is 0 Å². The minimum absolute atomic E-state index is 0.168. The van der Waals surface area contributed by atoms with Gasteiger partial charge < -0.3 is 14.3 Å². The summed E-state index contributed by atoms with van der Waals surface area (Å²) in [6.07, 6.45) is 3.47. The van der Waals surface area contributed by atoms with Gasteiger partial charge in [0, 0.05) is 17.7 Å². The maximum atomic E-state index is 12.5. The number of aryl methyl sites for hydroxylation is 2. The van der Waals surface area contributed by atoms with Gasteiger partial charge in [0.25, 0.3) is 5.22 Å². The maximum Gasteiger partial charge on any atom is 0.257 e. The lowest BCUT2D eigenvalue weighted by molar-refractivity contribution is -0.116. The number of hydrogen-bond acceptors (Lipinski definition) is 9. The van der Waals surface area contributed by atoms with Crippen LogP contribution >= 0.6 is 23.1 Å². The summed E-state index contributed by atoms with van der Waals surface area (Å²) in [7, 11) is 0. The molecule has 0 radical (unpaired) electrons. The molecule has 174 valence electrons. The van der Waals surface area contributed by atoms with Crippen LogP contribution in [-0.4, -0.2) is 21.0 Å². The van der Waals surface area contributed by atoms with Crippen molar-refractivity contribution in [1.29, 1.82) is 5.26 Å². The molecule has 3 heterocycles. The molecule has 1 atom stereocenters. The Labute approximate surface area is 204 Å². The molecule has 0 fully saturated rings. The number of anilines is 1. The Bertz CT molecular complexity index is 1400. The number of aromatic nitrogens is 3. The van der Waals surface area contributed by atoms with Crippen LogP contribution in [-0.2, 0) is 29.8 Å². The third-order valence-electron chi connectivity index (χ3n) is 5.80. The van der Waals surface area contributed by atoms with Gasteiger partial charge in [-0.15, -0.1) is 11.3 Å². The zero-order chi connectivity index (χ0) is 23.7. The molecule has 1 N–H and O–H groups in total. The lowest BCUT2D eigenvalue weighted by Gasteiger charge is -2.17. The molecule has 3 aromatic heterocycles. The number of rotatable bonds is 7. The third kappa shape index (κ3) is 4.86. The highest BCUT2D eigenvalue weighted by molar-refractivity contribution is 7.98. The van der Waals surface area contributed by atoms with E-state index < -0.39 is 0 Å². The van der Waals surface area contributed by atoms with Crippen molar-refractivity contribution in [2.75, 3.05) is 5.32 Å². The van der Waals surface area contributed by atoms with E-state index in [1.54, 1.807) is 0 Å². The van der Waals surface area contributed by atoms with Crippen LogP contribution in [0.1, 0.15) is 53.0 Å². The summed E-state index contributed by atoms with van der Waals surface area (Å²) in [5, 5.41) is 17.7. The van der Waals surface area contributed by atoms with E-state index in [2.05, 4.69) is 33.4 Å². The summed E-state index contributed by atoms with van der Waals surface area (Å²) in [5.74, 6) is 1.81. The van der Waals surface area contributed by atoms with E-state index in [-0.39, 0.29) is 12.3 Å². The van der Waals surface area contributed by atoms with E-state index in [4.69, 9.17) is 8.94 Å². The van der Waals surface area contributed by atoms with Crippen molar-refractivity contribution in [1.82, 2.24) is 15.1 Å². The summed E-state index contributed by atoms with van der Waals surface area (Å²) in [6, 6.07) is 8.15. The van der Waals surface area contributed by atoms with Gasteiger partial charge in [0.05, 0.1) is 11.3 Å². The zero-order valence-electron chi connectivity index (χ0n) is 18.9. The molecule has 1 amide bonds. The number of thiophene rings is 1. The number of benzene rings is 1. The number of carbonyl (C=O) groups excluding carboxylic acids is 1. The maximum absolute atomic E-state index is 12.5. The van der Waals surface area contributed by atoms with Crippen molar-refractivity contribution in [3.8, 4) is 6.07 Å². The Morgan fingerprint density at radius 2 is 2.26 bits per heavy atom. The molecule has 10 heteroatoms. The molecule has 1 aliphatic rings. The average Bonchev–Trinajstić information content (AvgIpc) is 3.51. The number of nitrogens with one attached hydrogen (secondary N) is 1. The van der Waals surface area contributed by atoms with Gasteiger partial charge in [-0.25, -0.2) is 4.98 Å². The van der Waals surface area contributed by atoms with Crippen LogP contribution in [0.5, 0.6) is 0 Å². The van der Waals surface area contributed by atoms with Crippen molar-refractivity contribution in [3.05, 3.63) is 51.5 Å². The molecule has 0 bridgehead atoms. The lowest BCUT2D eigenvalue weighted by atomic mass is 9.88. The third-order valence-corrected chi connectivity index (χ3v) is 7.79. The Balaban J connectivity index is 1.15. The van der Waals surface area contributed by atoms with E-state index in [9.17, 15) is 10.1 Å². The Morgan fingerprint density at radius 1 is 1.38 bits per heavy atom. The van der Waals surface area contributed by atoms with Crippen LogP contribution in [0.25, 0.3) is 11.1 Å². The van der Waals surface area contributed by atoms with Crippen LogP contribution in [0.3, 0.4) is 0 Å². The minimum atomic E-state index is -0.168. The van der Waals surface area contributed by atoms with E-state index in [0.717, 1.165) is 41.5 Å². The van der Waals surface area contributed by atoms with E-state index in [1.807, 2.05) is 25.1 Å². The summed E-state index contributed by atoms with van der Waals surface area (Å²) >= 11 is 2.92. The Hall–Kier alpha value is -3.16. The second-order valence-electron chi connectivity index (χ2n) is 8.56. The number of thioether (sulfide) groups is 1. The predicted molar refractivity (Wildman–Crippen MR) is 130 cm³/mol. The molecule has 0 saturated heterocycles. The monoisotopic (exact) mass is 493 g/mol. The molecular weight excluding hydrogens is 470 g/mol. The highest BCUT2D eigenvalue weighted by Crippen LogP contribution is 2.39. The van der Waals surface area contributed by atoms with Crippen molar-refractivity contribution >= 4 is 45.1 Å². The summed E-state index contributed by atoms with van der Waals surface area (Å²) in [4.78, 5) is 22.6. The van der Waals surface area contributed by atoms with Crippen molar-refractivity contribution in [3.63, 3.8) is 0 Å². The lowest BCUT2D eigenvalue weighted by Crippen LogP contribution is -2.12. The van der Waals surface area contributed by atoms with Gasteiger partial charge in [-0.2, -0.15) is 10.2 Å². The van der Waals surface area contributed by atoms with Crippen molar-refractivity contribution in [2.24, 2.45) is 5.92 Å². The molecule has 1 aliphatic carbocycles. The highest BCUT2D eigenvalue weighted by Gasteiger charge is 2.24. The second-order valence-corrected chi connectivity index (χ2v) is 10.6. The van der Waals surface area contributed by atoms with Crippen molar-refractivity contribution in [2.45, 2.75) is 56.9 Å². The fourth-order valence-electron chi connectivity index (χ4n) is 4.02. The molecular formula is C24H23N5O3S2.